The van der Waals surface area contributed by atoms with Gasteiger partial charge in [0.05, 0.1) is 18.6 Å². The number of Topliss-reactive ketones (excluding diaryl/α,β-unsaturated/α-hetero) is 1. The Bertz CT molecular complexity index is 246. The van der Waals surface area contributed by atoms with Crippen molar-refractivity contribution in [2.75, 3.05) is 13.7 Å². The summed E-state index contributed by atoms with van der Waals surface area (Å²) in [4.78, 5) is 22.8. The van der Waals surface area contributed by atoms with E-state index in [0.29, 0.717) is 13.0 Å². The second-order valence-corrected chi connectivity index (χ2v) is 4.75. The van der Waals surface area contributed by atoms with Crippen LogP contribution < -0.4 is 0 Å². The topological polar surface area (TPSA) is 52.6 Å². The van der Waals surface area contributed by atoms with Crippen molar-refractivity contribution in [3.05, 3.63) is 0 Å². The number of rotatable bonds is 9. The van der Waals surface area contributed by atoms with E-state index in [2.05, 4.69) is 0 Å². The Morgan fingerprint density at radius 2 is 1.82 bits per heavy atom. The molecule has 0 fully saturated rings. The van der Waals surface area contributed by atoms with Gasteiger partial charge in [0.15, 0.2) is 0 Å². The molecule has 0 saturated carbocycles. The Morgan fingerprint density at radius 1 is 1.18 bits per heavy atom. The molecule has 0 amide bonds. The van der Waals surface area contributed by atoms with Crippen LogP contribution in [0.3, 0.4) is 0 Å². The highest BCUT2D eigenvalue weighted by molar-refractivity contribution is 5.83. The number of carbonyl (C=O) groups excluding carboxylic acids is 2. The van der Waals surface area contributed by atoms with Gasteiger partial charge in [0.2, 0.25) is 0 Å². The number of esters is 1. The lowest BCUT2D eigenvalue weighted by Crippen LogP contribution is -2.26. The van der Waals surface area contributed by atoms with E-state index in [1.54, 1.807) is 7.11 Å². The third-order valence-corrected chi connectivity index (χ3v) is 2.54. The first kappa shape index (κ1) is 16.1. The van der Waals surface area contributed by atoms with Gasteiger partial charge >= 0.3 is 5.97 Å². The lowest BCUT2D eigenvalue weighted by molar-refractivity contribution is -0.145. The molecule has 0 spiro atoms. The second-order valence-electron chi connectivity index (χ2n) is 4.75. The Hall–Kier alpha value is -0.900. The highest BCUT2D eigenvalue weighted by Gasteiger charge is 2.21. The normalized spacial score (nSPS) is 11.3. The van der Waals surface area contributed by atoms with E-state index in [4.69, 9.17) is 9.47 Å². The fourth-order valence-electron chi connectivity index (χ4n) is 1.28. The predicted octanol–water partition coefficient (Wildman–Crippen LogP) is 2.49. The molecule has 0 aliphatic rings. The summed E-state index contributed by atoms with van der Waals surface area (Å²) in [7, 11) is 1.58. The monoisotopic (exact) mass is 244 g/mol. The van der Waals surface area contributed by atoms with Crippen LogP contribution in [0.1, 0.15) is 52.9 Å². The molecule has 0 N–H and O–H groups in total. The largest absolute Gasteiger partial charge is 0.466 e. The number of hydrogen-bond acceptors (Lipinski definition) is 4. The maximum absolute atomic E-state index is 11.6. The van der Waals surface area contributed by atoms with Crippen molar-refractivity contribution in [2.24, 2.45) is 0 Å². The number of ketones is 1. The standard InChI is InChI=1S/C13H24O4/c1-5-6-9-17-12(15)8-7-11(14)10-13(2,3)16-4/h5-10H2,1-4H3. The summed E-state index contributed by atoms with van der Waals surface area (Å²) >= 11 is 0. The SMILES string of the molecule is CCCCOC(=O)CCC(=O)CC(C)(C)OC. The molecule has 0 aromatic heterocycles. The first-order chi connectivity index (χ1) is 7.91. The Kier molecular flexibility index (Phi) is 7.79. The summed E-state index contributed by atoms with van der Waals surface area (Å²) in [6, 6.07) is 0. The van der Waals surface area contributed by atoms with Gasteiger partial charge in [0, 0.05) is 20.0 Å². The molecule has 0 rings (SSSR count). The van der Waals surface area contributed by atoms with Crippen molar-refractivity contribution in [2.45, 2.75) is 58.5 Å². The second kappa shape index (κ2) is 8.23. The van der Waals surface area contributed by atoms with Crippen molar-refractivity contribution in [3.63, 3.8) is 0 Å². The summed E-state index contributed by atoms with van der Waals surface area (Å²) in [5.41, 5.74) is -0.455. The Morgan fingerprint density at radius 3 is 2.35 bits per heavy atom. The lowest BCUT2D eigenvalue weighted by Gasteiger charge is -2.21. The fraction of sp³-hybridized carbons (Fsp3) is 0.846. The zero-order valence-corrected chi connectivity index (χ0v) is 11.4. The van der Waals surface area contributed by atoms with E-state index in [-0.39, 0.29) is 24.6 Å². The number of hydrogen-bond donors (Lipinski definition) is 0. The van der Waals surface area contributed by atoms with Crippen molar-refractivity contribution in [3.8, 4) is 0 Å². The zero-order chi connectivity index (χ0) is 13.3. The Labute approximate surface area is 104 Å². The molecular weight excluding hydrogens is 220 g/mol. The van der Waals surface area contributed by atoms with Crippen LogP contribution in [0.2, 0.25) is 0 Å². The molecule has 4 heteroatoms. The first-order valence-corrected chi connectivity index (χ1v) is 6.13. The summed E-state index contributed by atoms with van der Waals surface area (Å²) in [6.45, 7) is 6.19. The molecular formula is C13H24O4. The molecule has 4 nitrogen and oxygen atoms in total. The number of ether oxygens (including phenoxy) is 2. The van der Waals surface area contributed by atoms with E-state index < -0.39 is 5.60 Å². The van der Waals surface area contributed by atoms with Crippen LogP contribution in [0.25, 0.3) is 0 Å². The van der Waals surface area contributed by atoms with Crippen molar-refractivity contribution < 1.29 is 19.1 Å². The Balaban J connectivity index is 3.73. The average molecular weight is 244 g/mol. The zero-order valence-electron chi connectivity index (χ0n) is 11.4. The van der Waals surface area contributed by atoms with Crippen LogP contribution in [-0.4, -0.2) is 31.1 Å². The van der Waals surface area contributed by atoms with Gasteiger partial charge in [-0.2, -0.15) is 0 Å². The molecule has 0 heterocycles. The summed E-state index contributed by atoms with van der Waals surface area (Å²) < 4.78 is 10.1. The van der Waals surface area contributed by atoms with E-state index in [1.165, 1.54) is 0 Å². The first-order valence-electron chi connectivity index (χ1n) is 6.13. The number of carbonyl (C=O) groups is 2. The van der Waals surface area contributed by atoms with Gasteiger partial charge in [-0.3, -0.25) is 9.59 Å². The minimum Gasteiger partial charge on any atom is -0.466 e. The quantitative estimate of drug-likeness (QED) is 0.462. The van der Waals surface area contributed by atoms with Crippen molar-refractivity contribution in [1.29, 1.82) is 0 Å². The van der Waals surface area contributed by atoms with Gasteiger partial charge in [-0.25, -0.2) is 0 Å². The van der Waals surface area contributed by atoms with Gasteiger partial charge in [0.1, 0.15) is 5.78 Å². The minimum atomic E-state index is -0.455. The minimum absolute atomic E-state index is 0.0318. The van der Waals surface area contributed by atoms with Crippen LogP contribution in [-0.2, 0) is 19.1 Å². The molecule has 17 heavy (non-hydrogen) atoms. The van der Waals surface area contributed by atoms with Gasteiger partial charge in [-0.05, 0) is 20.3 Å². The highest BCUT2D eigenvalue weighted by Crippen LogP contribution is 2.15. The molecule has 0 radical (unpaired) electrons. The van der Waals surface area contributed by atoms with E-state index >= 15 is 0 Å². The maximum Gasteiger partial charge on any atom is 0.306 e. The molecule has 0 atom stereocenters. The van der Waals surface area contributed by atoms with Crippen molar-refractivity contribution >= 4 is 11.8 Å². The molecule has 0 bridgehead atoms. The number of unbranched alkanes of at least 4 members (excludes halogenated alkanes) is 1. The fourth-order valence-corrected chi connectivity index (χ4v) is 1.28. The van der Waals surface area contributed by atoms with E-state index in [1.807, 2.05) is 20.8 Å². The molecule has 0 aliphatic carbocycles. The van der Waals surface area contributed by atoms with Gasteiger partial charge in [-0.1, -0.05) is 13.3 Å². The highest BCUT2D eigenvalue weighted by atomic mass is 16.5. The molecule has 0 aromatic rings. The third-order valence-electron chi connectivity index (χ3n) is 2.54. The molecule has 100 valence electrons. The summed E-state index contributed by atoms with van der Waals surface area (Å²) in [5, 5.41) is 0. The molecule has 0 unspecified atom stereocenters. The smallest absolute Gasteiger partial charge is 0.306 e. The average Bonchev–Trinajstić information content (AvgIpc) is 2.26. The van der Waals surface area contributed by atoms with Crippen molar-refractivity contribution in [1.82, 2.24) is 0 Å². The maximum atomic E-state index is 11.6. The summed E-state index contributed by atoms with van der Waals surface area (Å²) in [5.74, 6) is -0.258. The van der Waals surface area contributed by atoms with E-state index in [9.17, 15) is 9.59 Å². The van der Waals surface area contributed by atoms with Gasteiger partial charge in [-0.15, -0.1) is 0 Å². The van der Waals surface area contributed by atoms with E-state index in [0.717, 1.165) is 12.8 Å². The van der Waals surface area contributed by atoms with Crippen LogP contribution in [0.4, 0.5) is 0 Å². The lowest BCUT2D eigenvalue weighted by atomic mass is 9.99. The van der Waals surface area contributed by atoms with Crippen LogP contribution >= 0.6 is 0 Å². The molecule has 0 aliphatic heterocycles. The van der Waals surface area contributed by atoms with Gasteiger partial charge in [0.25, 0.3) is 0 Å². The summed E-state index contributed by atoms with van der Waals surface area (Å²) in [6.07, 6.45) is 2.59. The third kappa shape index (κ3) is 8.86. The van der Waals surface area contributed by atoms with Crippen LogP contribution in [0, 0.1) is 0 Å². The van der Waals surface area contributed by atoms with Crippen LogP contribution in [0.15, 0.2) is 0 Å². The number of methoxy groups -OCH3 is 1. The van der Waals surface area contributed by atoms with Gasteiger partial charge < -0.3 is 9.47 Å². The predicted molar refractivity (Wildman–Crippen MR) is 65.8 cm³/mol. The van der Waals surface area contributed by atoms with Crippen LogP contribution in [0.5, 0.6) is 0 Å². The molecule has 0 saturated heterocycles. The molecule has 0 aromatic carbocycles.